The van der Waals surface area contributed by atoms with Crippen molar-refractivity contribution in [1.29, 1.82) is 0 Å². The first-order valence-electron chi connectivity index (χ1n) is 7.42. The SMILES string of the molecule is CN(C(=O)CN(CCN)CCc1ccccc1)C1CC1. The van der Waals surface area contributed by atoms with Crippen LogP contribution in [0, 0.1) is 0 Å². The highest BCUT2D eigenvalue weighted by Crippen LogP contribution is 2.25. The lowest BCUT2D eigenvalue weighted by atomic mass is 10.1. The molecule has 2 N–H and O–H groups in total. The van der Waals surface area contributed by atoms with Crippen LogP contribution in [0.1, 0.15) is 18.4 Å². The first-order valence-corrected chi connectivity index (χ1v) is 7.42. The molecular weight excluding hydrogens is 250 g/mol. The van der Waals surface area contributed by atoms with Crippen LogP contribution in [-0.2, 0) is 11.2 Å². The third-order valence-electron chi connectivity index (χ3n) is 3.85. The van der Waals surface area contributed by atoms with Gasteiger partial charge < -0.3 is 10.6 Å². The average Bonchev–Trinajstić information content (AvgIpc) is 3.30. The molecule has 1 saturated carbocycles. The standard InChI is InChI=1S/C16H25N3O/c1-18(15-7-8-15)16(20)13-19(12-10-17)11-9-14-5-3-2-4-6-14/h2-6,15H,7-13,17H2,1H3. The van der Waals surface area contributed by atoms with Gasteiger partial charge in [0.05, 0.1) is 6.54 Å². The molecule has 0 saturated heterocycles. The van der Waals surface area contributed by atoms with Crippen LogP contribution in [-0.4, -0.2) is 55.0 Å². The van der Waals surface area contributed by atoms with Gasteiger partial charge in [0.2, 0.25) is 5.91 Å². The Morgan fingerprint density at radius 3 is 2.55 bits per heavy atom. The summed E-state index contributed by atoms with van der Waals surface area (Å²) in [7, 11) is 1.91. The molecule has 1 amide bonds. The Bertz CT molecular complexity index is 417. The number of amides is 1. The minimum Gasteiger partial charge on any atom is -0.342 e. The maximum Gasteiger partial charge on any atom is 0.236 e. The molecule has 0 spiro atoms. The zero-order valence-electron chi connectivity index (χ0n) is 12.3. The van der Waals surface area contributed by atoms with Crippen LogP contribution in [0.25, 0.3) is 0 Å². The van der Waals surface area contributed by atoms with Crippen LogP contribution < -0.4 is 5.73 Å². The number of hydrogen-bond donors (Lipinski definition) is 1. The van der Waals surface area contributed by atoms with E-state index in [-0.39, 0.29) is 5.91 Å². The summed E-state index contributed by atoms with van der Waals surface area (Å²) in [6.45, 7) is 2.73. The predicted molar refractivity (Wildman–Crippen MR) is 81.4 cm³/mol. The molecule has 1 fully saturated rings. The zero-order valence-corrected chi connectivity index (χ0v) is 12.3. The van der Waals surface area contributed by atoms with E-state index >= 15 is 0 Å². The van der Waals surface area contributed by atoms with Crippen LogP contribution >= 0.6 is 0 Å². The molecule has 0 aliphatic heterocycles. The van der Waals surface area contributed by atoms with E-state index in [4.69, 9.17) is 5.73 Å². The fourth-order valence-electron chi connectivity index (χ4n) is 2.35. The van der Waals surface area contributed by atoms with Crippen molar-refractivity contribution in [2.24, 2.45) is 5.73 Å². The molecule has 1 aromatic rings. The van der Waals surface area contributed by atoms with E-state index < -0.39 is 0 Å². The number of nitrogens with zero attached hydrogens (tertiary/aromatic N) is 2. The van der Waals surface area contributed by atoms with Crippen molar-refractivity contribution in [2.45, 2.75) is 25.3 Å². The first-order chi connectivity index (χ1) is 9.70. The van der Waals surface area contributed by atoms with Gasteiger partial charge in [0, 0.05) is 32.7 Å². The number of benzene rings is 1. The third kappa shape index (κ3) is 4.62. The molecule has 2 rings (SSSR count). The predicted octanol–water partition coefficient (Wildman–Crippen LogP) is 1.11. The molecule has 4 nitrogen and oxygen atoms in total. The Morgan fingerprint density at radius 2 is 1.95 bits per heavy atom. The van der Waals surface area contributed by atoms with Gasteiger partial charge in [-0.1, -0.05) is 30.3 Å². The summed E-state index contributed by atoms with van der Waals surface area (Å²) in [6.07, 6.45) is 3.27. The topological polar surface area (TPSA) is 49.6 Å². The molecule has 1 aliphatic rings. The quantitative estimate of drug-likeness (QED) is 0.773. The Balaban J connectivity index is 1.81. The lowest BCUT2D eigenvalue weighted by molar-refractivity contribution is -0.131. The van der Waals surface area contributed by atoms with Gasteiger partial charge >= 0.3 is 0 Å². The van der Waals surface area contributed by atoms with Gasteiger partial charge in [-0.2, -0.15) is 0 Å². The van der Waals surface area contributed by atoms with Gasteiger partial charge in [-0.25, -0.2) is 0 Å². The van der Waals surface area contributed by atoms with Gasteiger partial charge in [0.15, 0.2) is 0 Å². The number of likely N-dealkylation sites (N-methyl/N-ethyl adjacent to an activating group) is 1. The van der Waals surface area contributed by atoms with E-state index in [0.717, 1.165) is 32.4 Å². The van der Waals surface area contributed by atoms with Crippen molar-refractivity contribution >= 4 is 5.91 Å². The minimum atomic E-state index is 0.217. The molecule has 20 heavy (non-hydrogen) atoms. The highest BCUT2D eigenvalue weighted by Gasteiger charge is 2.29. The molecule has 1 aromatic carbocycles. The smallest absolute Gasteiger partial charge is 0.236 e. The first kappa shape index (κ1) is 15.0. The highest BCUT2D eigenvalue weighted by atomic mass is 16.2. The molecule has 0 atom stereocenters. The molecule has 1 aliphatic carbocycles. The lowest BCUT2D eigenvalue weighted by Gasteiger charge is -2.24. The van der Waals surface area contributed by atoms with Crippen molar-refractivity contribution in [1.82, 2.24) is 9.80 Å². The summed E-state index contributed by atoms with van der Waals surface area (Å²) >= 11 is 0. The summed E-state index contributed by atoms with van der Waals surface area (Å²) in [6, 6.07) is 10.9. The Morgan fingerprint density at radius 1 is 1.25 bits per heavy atom. The van der Waals surface area contributed by atoms with Crippen molar-refractivity contribution < 1.29 is 4.79 Å². The molecular formula is C16H25N3O. The second-order valence-corrected chi connectivity index (χ2v) is 5.54. The fraction of sp³-hybridized carbons (Fsp3) is 0.562. The summed E-state index contributed by atoms with van der Waals surface area (Å²) in [4.78, 5) is 16.2. The van der Waals surface area contributed by atoms with E-state index in [9.17, 15) is 4.79 Å². The maximum atomic E-state index is 12.2. The third-order valence-corrected chi connectivity index (χ3v) is 3.85. The van der Waals surface area contributed by atoms with Crippen molar-refractivity contribution in [3.63, 3.8) is 0 Å². The molecule has 0 radical (unpaired) electrons. The normalized spacial score (nSPS) is 14.6. The van der Waals surface area contributed by atoms with Gasteiger partial charge in [-0.05, 0) is 24.8 Å². The second kappa shape index (κ2) is 7.41. The molecule has 110 valence electrons. The number of hydrogen-bond acceptors (Lipinski definition) is 3. The van der Waals surface area contributed by atoms with Crippen LogP contribution in [0.5, 0.6) is 0 Å². The Kier molecular flexibility index (Phi) is 5.56. The zero-order chi connectivity index (χ0) is 14.4. The van der Waals surface area contributed by atoms with E-state index in [2.05, 4.69) is 29.2 Å². The van der Waals surface area contributed by atoms with Gasteiger partial charge in [-0.15, -0.1) is 0 Å². The molecule has 0 unspecified atom stereocenters. The Hall–Kier alpha value is -1.39. The van der Waals surface area contributed by atoms with E-state index in [1.54, 1.807) is 0 Å². The number of carbonyl (C=O) groups excluding carboxylic acids is 1. The molecule has 4 heteroatoms. The van der Waals surface area contributed by atoms with Crippen LogP contribution in [0.3, 0.4) is 0 Å². The highest BCUT2D eigenvalue weighted by molar-refractivity contribution is 5.78. The monoisotopic (exact) mass is 275 g/mol. The summed E-state index contributed by atoms with van der Waals surface area (Å²) < 4.78 is 0. The molecule has 0 heterocycles. The average molecular weight is 275 g/mol. The van der Waals surface area contributed by atoms with E-state index in [1.165, 1.54) is 5.56 Å². The molecule has 0 aromatic heterocycles. The van der Waals surface area contributed by atoms with Crippen molar-refractivity contribution in [3.05, 3.63) is 35.9 Å². The summed E-state index contributed by atoms with van der Waals surface area (Å²) in [5, 5.41) is 0. The summed E-state index contributed by atoms with van der Waals surface area (Å²) in [5.74, 6) is 0.217. The maximum absolute atomic E-state index is 12.2. The van der Waals surface area contributed by atoms with E-state index in [1.807, 2.05) is 18.0 Å². The number of carbonyl (C=O) groups is 1. The second-order valence-electron chi connectivity index (χ2n) is 5.54. The largest absolute Gasteiger partial charge is 0.342 e. The van der Waals surface area contributed by atoms with Crippen molar-refractivity contribution in [2.75, 3.05) is 33.2 Å². The Labute approximate surface area is 121 Å². The van der Waals surface area contributed by atoms with Crippen LogP contribution in [0.15, 0.2) is 30.3 Å². The number of rotatable bonds is 8. The lowest BCUT2D eigenvalue weighted by Crippen LogP contribution is -2.42. The fourth-order valence-corrected chi connectivity index (χ4v) is 2.35. The number of nitrogens with two attached hydrogens (primary N) is 1. The van der Waals surface area contributed by atoms with Gasteiger partial charge in [0.25, 0.3) is 0 Å². The van der Waals surface area contributed by atoms with E-state index in [0.29, 0.717) is 19.1 Å². The van der Waals surface area contributed by atoms with Crippen LogP contribution in [0.2, 0.25) is 0 Å². The van der Waals surface area contributed by atoms with Crippen molar-refractivity contribution in [3.8, 4) is 0 Å². The minimum absolute atomic E-state index is 0.217. The molecule has 0 bridgehead atoms. The summed E-state index contributed by atoms with van der Waals surface area (Å²) in [5.41, 5.74) is 6.96. The van der Waals surface area contributed by atoms with Crippen LogP contribution in [0.4, 0.5) is 0 Å². The van der Waals surface area contributed by atoms with Gasteiger partial charge in [-0.3, -0.25) is 9.69 Å². The van der Waals surface area contributed by atoms with Gasteiger partial charge in [0.1, 0.15) is 0 Å².